The molecule has 0 aromatic carbocycles. The van der Waals surface area contributed by atoms with Crippen LogP contribution in [0.25, 0.3) is 11.0 Å². The second-order valence-corrected chi connectivity index (χ2v) is 9.61. The van der Waals surface area contributed by atoms with Gasteiger partial charge in [0, 0.05) is 46.4 Å². The lowest BCUT2D eigenvalue weighted by Crippen LogP contribution is -2.36. The van der Waals surface area contributed by atoms with Crippen LogP contribution in [0.4, 0.5) is 5.82 Å². The molecule has 0 fully saturated rings. The SMILES string of the molecule is COCCc1nc2c(N)nc3c(c2n1CCCCNS(=O)(=O)N(C)C)CCCC3. The molecule has 162 valence electrons. The van der Waals surface area contributed by atoms with Gasteiger partial charge in [0.2, 0.25) is 0 Å². The summed E-state index contributed by atoms with van der Waals surface area (Å²) in [4.78, 5) is 9.42. The molecular weight excluding hydrogens is 392 g/mol. The number of aryl methyl sites for hydroxylation is 3. The number of nitrogen functional groups attached to an aromatic ring is 1. The van der Waals surface area contributed by atoms with E-state index in [4.69, 9.17) is 15.5 Å². The third-order valence-electron chi connectivity index (χ3n) is 5.37. The zero-order chi connectivity index (χ0) is 21.0. The van der Waals surface area contributed by atoms with E-state index in [1.54, 1.807) is 7.11 Å². The smallest absolute Gasteiger partial charge is 0.278 e. The molecule has 1 aliphatic carbocycles. The molecule has 2 aromatic heterocycles. The van der Waals surface area contributed by atoms with Gasteiger partial charge in [-0.15, -0.1) is 0 Å². The molecule has 0 spiro atoms. The molecule has 0 saturated carbocycles. The number of rotatable bonds is 10. The van der Waals surface area contributed by atoms with Crippen molar-refractivity contribution in [3.8, 4) is 0 Å². The number of methoxy groups -OCH3 is 1. The lowest BCUT2D eigenvalue weighted by atomic mass is 9.95. The summed E-state index contributed by atoms with van der Waals surface area (Å²) in [7, 11) is 1.34. The maximum Gasteiger partial charge on any atom is 0.278 e. The lowest BCUT2D eigenvalue weighted by molar-refractivity contribution is 0.199. The van der Waals surface area contributed by atoms with E-state index in [1.807, 2.05) is 0 Å². The van der Waals surface area contributed by atoms with Crippen molar-refractivity contribution in [3.63, 3.8) is 0 Å². The molecule has 0 amide bonds. The first kappa shape index (κ1) is 21.9. The summed E-state index contributed by atoms with van der Waals surface area (Å²) in [5.74, 6) is 1.44. The van der Waals surface area contributed by atoms with Gasteiger partial charge in [0.15, 0.2) is 5.82 Å². The van der Waals surface area contributed by atoms with E-state index in [-0.39, 0.29) is 0 Å². The Morgan fingerprint density at radius 1 is 1.21 bits per heavy atom. The quantitative estimate of drug-likeness (QED) is 0.555. The topological polar surface area (TPSA) is 115 Å². The highest BCUT2D eigenvalue weighted by Gasteiger charge is 2.22. The zero-order valence-corrected chi connectivity index (χ0v) is 18.4. The molecule has 10 heteroatoms. The Morgan fingerprint density at radius 2 is 1.97 bits per heavy atom. The highest BCUT2D eigenvalue weighted by Crippen LogP contribution is 2.31. The molecule has 0 unspecified atom stereocenters. The molecule has 1 aliphatic rings. The average molecular weight is 425 g/mol. The van der Waals surface area contributed by atoms with Gasteiger partial charge in [-0.2, -0.15) is 12.7 Å². The van der Waals surface area contributed by atoms with Crippen molar-refractivity contribution in [2.45, 2.75) is 51.5 Å². The number of hydrogen-bond acceptors (Lipinski definition) is 6. The van der Waals surface area contributed by atoms with Crippen LogP contribution in [0.2, 0.25) is 0 Å². The second-order valence-electron chi connectivity index (χ2n) is 7.64. The van der Waals surface area contributed by atoms with Crippen molar-refractivity contribution < 1.29 is 13.2 Å². The number of aromatic nitrogens is 3. The second kappa shape index (κ2) is 9.38. The Kier molecular flexibility index (Phi) is 7.10. The highest BCUT2D eigenvalue weighted by atomic mass is 32.2. The average Bonchev–Trinajstić information content (AvgIpc) is 3.05. The van der Waals surface area contributed by atoms with E-state index in [0.717, 1.165) is 67.6 Å². The third kappa shape index (κ3) is 4.88. The Bertz CT molecular complexity index is 955. The number of nitrogens with two attached hydrogens (primary N) is 1. The Balaban J connectivity index is 1.82. The van der Waals surface area contributed by atoms with Crippen LogP contribution in [0, 0.1) is 0 Å². The van der Waals surface area contributed by atoms with Crippen LogP contribution in [0.3, 0.4) is 0 Å². The van der Waals surface area contributed by atoms with Crippen LogP contribution < -0.4 is 10.5 Å². The summed E-state index contributed by atoms with van der Waals surface area (Å²) in [5, 5.41) is 0. The molecule has 0 bridgehead atoms. The maximum atomic E-state index is 11.8. The summed E-state index contributed by atoms with van der Waals surface area (Å²) in [6.45, 7) is 1.75. The van der Waals surface area contributed by atoms with Crippen molar-refractivity contribution in [1.82, 2.24) is 23.6 Å². The maximum absolute atomic E-state index is 11.8. The number of nitrogens with zero attached hydrogens (tertiary/aromatic N) is 4. The summed E-state index contributed by atoms with van der Waals surface area (Å²) in [6, 6.07) is 0. The van der Waals surface area contributed by atoms with Crippen LogP contribution in [-0.4, -0.2) is 61.6 Å². The highest BCUT2D eigenvalue weighted by molar-refractivity contribution is 7.87. The minimum absolute atomic E-state index is 0.405. The van der Waals surface area contributed by atoms with Crippen LogP contribution in [0.15, 0.2) is 0 Å². The first-order valence-corrected chi connectivity index (χ1v) is 11.6. The molecule has 3 rings (SSSR count). The fraction of sp³-hybridized carbons (Fsp3) is 0.684. The Hall–Kier alpha value is -1.75. The third-order valence-corrected chi connectivity index (χ3v) is 6.90. The minimum atomic E-state index is -3.38. The van der Waals surface area contributed by atoms with Crippen molar-refractivity contribution in [3.05, 3.63) is 17.1 Å². The van der Waals surface area contributed by atoms with Gasteiger partial charge >= 0.3 is 0 Å². The summed E-state index contributed by atoms with van der Waals surface area (Å²) < 4.78 is 35.0. The predicted molar refractivity (Wildman–Crippen MR) is 114 cm³/mol. The standard InChI is InChI=1S/C19H32N6O3S/c1-24(2)29(26,27)21-11-6-7-12-25-16(10-13-28-3)23-17-18(25)14-8-4-5-9-15(14)22-19(17)20/h21H,4-13H2,1-3H3,(H2,20,22). The predicted octanol–water partition coefficient (Wildman–Crippen LogP) is 1.26. The number of imidazole rings is 1. The van der Waals surface area contributed by atoms with Crippen LogP contribution in [0.1, 0.15) is 42.8 Å². The van der Waals surface area contributed by atoms with Gasteiger partial charge in [-0.3, -0.25) is 0 Å². The van der Waals surface area contributed by atoms with Crippen molar-refractivity contribution in [2.24, 2.45) is 0 Å². The number of hydrogen-bond donors (Lipinski definition) is 2. The first-order chi connectivity index (χ1) is 13.8. The van der Waals surface area contributed by atoms with E-state index >= 15 is 0 Å². The van der Waals surface area contributed by atoms with E-state index in [2.05, 4.69) is 14.3 Å². The fourth-order valence-corrected chi connectivity index (χ4v) is 4.46. The molecule has 29 heavy (non-hydrogen) atoms. The van der Waals surface area contributed by atoms with E-state index in [1.165, 1.54) is 24.0 Å². The number of pyridine rings is 1. The number of ether oxygens (including phenoxy) is 1. The monoisotopic (exact) mass is 424 g/mol. The van der Waals surface area contributed by atoms with Crippen LogP contribution in [0.5, 0.6) is 0 Å². The molecule has 0 atom stereocenters. The summed E-state index contributed by atoms with van der Waals surface area (Å²) >= 11 is 0. The van der Waals surface area contributed by atoms with Crippen molar-refractivity contribution in [1.29, 1.82) is 0 Å². The minimum Gasteiger partial charge on any atom is -0.384 e. The van der Waals surface area contributed by atoms with Crippen LogP contribution in [-0.2, 0) is 40.8 Å². The molecule has 9 nitrogen and oxygen atoms in total. The summed E-state index contributed by atoms with van der Waals surface area (Å²) in [6.07, 6.45) is 6.52. The van der Waals surface area contributed by atoms with E-state index in [9.17, 15) is 8.42 Å². The normalized spacial score (nSPS) is 14.6. The van der Waals surface area contributed by atoms with Gasteiger partial charge in [-0.05, 0) is 44.1 Å². The van der Waals surface area contributed by atoms with Gasteiger partial charge in [0.25, 0.3) is 10.2 Å². The number of anilines is 1. The van der Waals surface area contributed by atoms with E-state index < -0.39 is 10.2 Å². The van der Waals surface area contributed by atoms with Crippen molar-refractivity contribution in [2.75, 3.05) is 40.1 Å². The van der Waals surface area contributed by atoms with Gasteiger partial charge in [0.05, 0.1) is 12.1 Å². The molecule has 3 N–H and O–H groups in total. The van der Waals surface area contributed by atoms with Gasteiger partial charge in [-0.25, -0.2) is 14.7 Å². The van der Waals surface area contributed by atoms with Gasteiger partial charge in [0.1, 0.15) is 11.3 Å². The molecule has 0 saturated heterocycles. The fourth-order valence-electron chi connectivity index (χ4n) is 3.80. The molecule has 0 aliphatic heterocycles. The van der Waals surface area contributed by atoms with Crippen molar-refractivity contribution >= 4 is 27.1 Å². The molecular formula is C19H32N6O3S. The number of unbranched alkanes of at least 4 members (excludes halogenated alkanes) is 1. The van der Waals surface area contributed by atoms with Crippen LogP contribution >= 0.6 is 0 Å². The number of fused-ring (bicyclic) bond motifs is 3. The zero-order valence-electron chi connectivity index (χ0n) is 17.6. The number of nitrogens with one attached hydrogen (secondary N) is 1. The lowest BCUT2D eigenvalue weighted by Gasteiger charge is -2.18. The largest absolute Gasteiger partial charge is 0.384 e. The Labute approximate surface area is 172 Å². The summed E-state index contributed by atoms with van der Waals surface area (Å²) in [5.41, 5.74) is 10.5. The first-order valence-electron chi connectivity index (χ1n) is 10.2. The molecule has 2 aromatic rings. The molecule has 0 radical (unpaired) electrons. The van der Waals surface area contributed by atoms with Gasteiger partial charge in [-0.1, -0.05) is 0 Å². The Morgan fingerprint density at radius 3 is 2.69 bits per heavy atom. The van der Waals surface area contributed by atoms with E-state index in [0.29, 0.717) is 25.4 Å². The van der Waals surface area contributed by atoms with Gasteiger partial charge < -0.3 is 15.0 Å². The molecule has 2 heterocycles.